The van der Waals surface area contributed by atoms with Gasteiger partial charge in [-0.25, -0.2) is 0 Å². The Labute approximate surface area is 70.0 Å². The van der Waals surface area contributed by atoms with Crippen LogP contribution in [0.15, 0.2) is 3.79 Å². The summed E-state index contributed by atoms with van der Waals surface area (Å²) in [5.74, 6) is -0.281. The van der Waals surface area contributed by atoms with Gasteiger partial charge in [0.1, 0.15) is 3.79 Å². The van der Waals surface area contributed by atoms with Gasteiger partial charge in [-0.1, -0.05) is 0 Å². The van der Waals surface area contributed by atoms with E-state index in [2.05, 4.69) is 20.3 Å². The topological polar surface area (TPSA) is 50.2 Å². The minimum Gasteiger partial charge on any atom is -0.504 e. The van der Waals surface area contributed by atoms with E-state index >= 15 is 0 Å². The van der Waals surface area contributed by atoms with Crippen molar-refractivity contribution in [3.63, 3.8) is 0 Å². The van der Waals surface area contributed by atoms with Crippen molar-refractivity contribution in [3.05, 3.63) is 9.48 Å². The number of aromatic nitrogens is 1. The molecule has 0 amide bonds. The van der Waals surface area contributed by atoms with Crippen LogP contribution in [0.3, 0.4) is 0 Å². The van der Waals surface area contributed by atoms with Crippen molar-refractivity contribution in [1.82, 2.24) is 4.37 Å². The van der Waals surface area contributed by atoms with Crippen LogP contribution in [0.25, 0.3) is 0 Å². The predicted octanol–water partition coefficient (Wildman–Crippen LogP) is 1.81. The minimum absolute atomic E-state index is 0.0579. The van der Waals surface area contributed by atoms with E-state index in [1.807, 2.05) is 0 Å². The summed E-state index contributed by atoms with van der Waals surface area (Å²) in [7, 11) is 0. The molecule has 0 atom stereocenters. The van der Waals surface area contributed by atoms with Crippen LogP contribution < -0.4 is 0 Å². The van der Waals surface area contributed by atoms with E-state index in [-0.39, 0.29) is 17.2 Å². The third kappa shape index (κ3) is 1.19. The Balaban J connectivity index is 3.17. The number of aromatic hydroxyl groups is 1. The molecule has 1 aromatic heterocycles. The van der Waals surface area contributed by atoms with E-state index in [9.17, 15) is 4.79 Å². The molecule has 0 unspecified atom stereocenters. The summed E-state index contributed by atoms with van der Waals surface area (Å²) >= 11 is 4.09. The Morgan fingerprint density at radius 2 is 2.40 bits per heavy atom. The van der Waals surface area contributed by atoms with Gasteiger partial charge in [0.2, 0.25) is 0 Å². The van der Waals surface area contributed by atoms with Crippen molar-refractivity contribution in [3.8, 4) is 5.75 Å². The van der Waals surface area contributed by atoms with Crippen LogP contribution in [0.5, 0.6) is 5.75 Å². The average molecular weight is 222 g/mol. The number of carbonyl (C=O) groups excluding carboxylic acids is 1. The molecule has 0 aliphatic carbocycles. The Bertz CT molecular complexity index is 271. The van der Waals surface area contributed by atoms with Crippen LogP contribution in [0.2, 0.25) is 0 Å². The van der Waals surface area contributed by atoms with Crippen molar-refractivity contribution in [2.24, 2.45) is 0 Å². The Kier molecular flexibility index (Phi) is 2.05. The molecule has 0 spiro atoms. The van der Waals surface area contributed by atoms with Crippen molar-refractivity contribution < 1.29 is 9.90 Å². The van der Waals surface area contributed by atoms with Gasteiger partial charge in [-0.2, -0.15) is 4.37 Å². The normalized spacial score (nSPS) is 9.80. The van der Waals surface area contributed by atoms with Gasteiger partial charge in [0.15, 0.2) is 17.2 Å². The molecule has 0 aromatic carbocycles. The van der Waals surface area contributed by atoms with Crippen molar-refractivity contribution >= 4 is 33.2 Å². The fourth-order valence-corrected chi connectivity index (χ4v) is 1.47. The second-order valence-corrected chi connectivity index (χ2v) is 3.80. The first-order valence-electron chi connectivity index (χ1n) is 2.48. The fourth-order valence-electron chi connectivity index (χ4n) is 0.496. The van der Waals surface area contributed by atoms with E-state index in [0.29, 0.717) is 3.79 Å². The lowest BCUT2D eigenvalue weighted by Gasteiger charge is -1.86. The van der Waals surface area contributed by atoms with Crippen LogP contribution in [0.4, 0.5) is 0 Å². The summed E-state index contributed by atoms with van der Waals surface area (Å²) in [6, 6.07) is 0. The Morgan fingerprint density at radius 1 is 1.80 bits per heavy atom. The minimum atomic E-state index is -0.223. The molecule has 0 saturated carbocycles. The summed E-state index contributed by atoms with van der Waals surface area (Å²) in [6.45, 7) is 1.36. The number of halogens is 1. The monoisotopic (exact) mass is 221 g/mol. The highest BCUT2D eigenvalue weighted by molar-refractivity contribution is 9.11. The SMILES string of the molecule is CC(=O)c1nsc(Br)c1O. The van der Waals surface area contributed by atoms with E-state index in [1.54, 1.807) is 0 Å². The lowest BCUT2D eigenvalue weighted by molar-refractivity contribution is 0.101. The first kappa shape index (κ1) is 7.68. The number of ketones is 1. The molecule has 0 aliphatic heterocycles. The Hall–Kier alpha value is -0.420. The van der Waals surface area contributed by atoms with Crippen molar-refractivity contribution in [1.29, 1.82) is 0 Å². The Morgan fingerprint density at radius 3 is 2.60 bits per heavy atom. The van der Waals surface area contributed by atoms with Gasteiger partial charge in [0.25, 0.3) is 0 Å². The van der Waals surface area contributed by atoms with Crippen LogP contribution >= 0.6 is 27.5 Å². The molecule has 0 bridgehead atoms. The fraction of sp³-hybridized carbons (Fsp3) is 0.200. The van der Waals surface area contributed by atoms with Gasteiger partial charge in [-0.3, -0.25) is 4.79 Å². The molecule has 3 nitrogen and oxygen atoms in total. The lowest BCUT2D eigenvalue weighted by Crippen LogP contribution is -1.90. The van der Waals surface area contributed by atoms with Crippen LogP contribution in [-0.2, 0) is 0 Å². The highest BCUT2D eigenvalue weighted by Crippen LogP contribution is 2.31. The summed E-state index contributed by atoms with van der Waals surface area (Å²) < 4.78 is 4.21. The summed E-state index contributed by atoms with van der Waals surface area (Å²) in [6.07, 6.45) is 0. The van der Waals surface area contributed by atoms with Gasteiger partial charge in [-0.15, -0.1) is 0 Å². The largest absolute Gasteiger partial charge is 0.504 e. The third-order valence-corrected chi connectivity index (χ3v) is 2.40. The molecule has 1 N–H and O–H groups in total. The van der Waals surface area contributed by atoms with Gasteiger partial charge in [0, 0.05) is 6.92 Å². The summed E-state index contributed by atoms with van der Waals surface area (Å²) in [4.78, 5) is 10.6. The molecule has 0 saturated heterocycles. The van der Waals surface area contributed by atoms with Gasteiger partial charge >= 0.3 is 0 Å². The third-order valence-electron chi connectivity index (χ3n) is 0.961. The molecule has 1 aromatic rings. The number of nitrogens with zero attached hydrogens (tertiary/aromatic N) is 1. The van der Waals surface area contributed by atoms with Gasteiger partial charge < -0.3 is 5.11 Å². The van der Waals surface area contributed by atoms with E-state index in [1.165, 1.54) is 6.92 Å². The van der Waals surface area contributed by atoms with Crippen LogP contribution in [0.1, 0.15) is 17.4 Å². The number of Topliss-reactive ketones (excluding diaryl/α,β-unsaturated/α-hetero) is 1. The molecule has 0 aliphatic rings. The van der Waals surface area contributed by atoms with Crippen molar-refractivity contribution in [2.45, 2.75) is 6.92 Å². The average Bonchev–Trinajstić information content (AvgIpc) is 2.14. The van der Waals surface area contributed by atoms with E-state index in [4.69, 9.17) is 5.11 Å². The molecule has 5 heteroatoms. The standard InChI is InChI=1S/C5H4BrNO2S/c1-2(8)3-4(9)5(6)10-7-3/h9H,1H3. The zero-order valence-corrected chi connectivity index (χ0v) is 7.49. The smallest absolute Gasteiger partial charge is 0.183 e. The molecule has 1 heterocycles. The highest BCUT2D eigenvalue weighted by atomic mass is 79.9. The first-order chi connectivity index (χ1) is 4.63. The van der Waals surface area contributed by atoms with Gasteiger partial charge in [-0.05, 0) is 27.5 Å². The quantitative estimate of drug-likeness (QED) is 0.737. The highest BCUT2D eigenvalue weighted by Gasteiger charge is 2.13. The van der Waals surface area contributed by atoms with Crippen LogP contribution in [-0.4, -0.2) is 15.3 Å². The maximum atomic E-state index is 10.6. The van der Waals surface area contributed by atoms with Crippen LogP contribution in [0, 0.1) is 0 Å². The number of hydrogen-bond acceptors (Lipinski definition) is 4. The zero-order chi connectivity index (χ0) is 7.72. The molecule has 1 rings (SSSR count). The zero-order valence-electron chi connectivity index (χ0n) is 5.09. The molecule has 0 fully saturated rings. The molecular formula is C5H4BrNO2S. The number of rotatable bonds is 1. The summed E-state index contributed by atoms with van der Waals surface area (Å²) in [5.41, 5.74) is 0.136. The molecule has 10 heavy (non-hydrogen) atoms. The molecular weight excluding hydrogens is 218 g/mol. The van der Waals surface area contributed by atoms with E-state index < -0.39 is 0 Å². The number of carbonyl (C=O) groups is 1. The number of hydrogen-bond donors (Lipinski definition) is 1. The molecule has 0 radical (unpaired) electrons. The maximum absolute atomic E-state index is 10.6. The molecule has 54 valence electrons. The predicted molar refractivity (Wildman–Crippen MR) is 41.5 cm³/mol. The second-order valence-electron chi connectivity index (χ2n) is 1.71. The van der Waals surface area contributed by atoms with Gasteiger partial charge in [0.05, 0.1) is 0 Å². The second kappa shape index (κ2) is 2.67. The first-order valence-corrected chi connectivity index (χ1v) is 4.04. The van der Waals surface area contributed by atoms with Crippen molar-refractivity contribution in [2.75, 3.05) is 0 Å². The lowest BCUT2D eigenvalue weighted by atomic mass is 10.3. The summed E-state index contributed by atoms with van der Waals surface area (Å²) in [5, 5.41) is 9.09. The van der Waals surface area contributed by atoms with E-state index in [0.717, 1.165) is 11.5 Å². The maximum Gasteiger partial charge on any atom is 0.183 e.